The molecule has 5 nitrogen and oxygen atoms in total. The molecular formula is C8H15O5S. The van der Waals surface area contributed by atoms with E-state index < -0.39 is 15.1 Å². The van der Waals surface area contributed by atoms with Crippen LogP contribution < -0.4 is 0 Å². The average Bonchev–Trinajstić information content (AvgIpc) is 2.10. The van der Waals surface area contributed by atoms with Crippen molar-refractivity contribution in [1.29, 1.82) is 0 Å². The zero-order chi connectivity index (χ0) is 11.2. The van der Waals surface area contributed by atoms with Gasteiger partial charge in [-0.25, -0.2) is 0 Å². The van der Waals surface area contributed by atoms with Crippen molar-refractivity contribution in [3.05, 3.63) is 19.6 Å². The molecular weight excluding hydrogens is 208 g/mol. The highest BCUT2D eigenvalue weighted by atomic mass is 32.2. The summed E-state index contributed by atoms with van der Waals surface area (Å²) in [5.74, 6) is 0. The zero-order valence-corrected chi connectivity index (χ0v) is 8.66. The van der Waals surface area contributed by atoms with Crippen LogP contribution in [0, 0.1) is 6.92 Å². The molecule has 2 N–H and O–H groups in total. The molecule has 0 amide bonds. The lowest BCUT2D eigenvalue weighted by Crippen LogP contribution is -2.41. The lowest BCUT2D eigenvalue weighted by Gasteiger charge is -2.28. The van der Waals surface area contributed by atoms with Gasteiger partial charge in [0, 0.05) is 6.42 Å². The molecule has 1 radical (unpaired) electrons. The maximum Gasteiger partial charge on any atom is 0.295 e. The van der Waals surface area contributed by atoms with Crippen LogP contribution in [-0.4, -0.2) is 36.2 Å². The number of hydrogen-bond acceptors (Lipinski definition) is 4. The molecule has 1 atom stereocenters. The maximum atomic E-state index is 11.0. The Labute approximate surface area is 84.1 Å². The van der Waals surface area contributed by atoms with Gasteiger partial charge in [-0.05, 0) is 13.3 Å². The standard InChI is InChI=1S/C8H15O5S/c1-3-5-8(4-2,13-7-6-9)14(10,11)12/h3,9H,1-2,4-7H2,(H,10,11,12). The highest BCUT2D eigenvalue weighted by Gasteiger charge is 2.41. The molecule has 0 saturated heterocycles. The molecule has 0 spiro atoms. The van der Waals surface area contributed by atoms with E-state index in [-0.39, 0.29) is 26.1 Å². The Morgan fingerprint density at radius 1 is 1.50 bits per heavy atom. The molecule has 0 aliphatic heterocycles. The van der Waals surface area contributed by atoms with Crippen LogP contribution >= 0.6 is 0 Å². The third-order valence-electron chi connectivity index (χ3n) is 1.76. The minimum absolute atomic E-state index is 0.0741. The Hall–Kier alpha value is -0.430. The quantitative estimate of drug-likeness (QED) is 0.481. The second-order valence-electron chi connectivity index (χ2n) is 2.70. The van der Waals surface area contributed by atoms with Crippen molar-refractivity contribution in [2.75, 3.05) is 13.2 Å². The van der Waals surface area contributed by atoms with E-state index in [1.807, 2.05) is 0 Å². The van der Waals surface area contributed by atoms with Crippen LogP contribution in [0.4, 0.5) is 0 Å². The molecule has 1 unspecified atom stereocenters. The van der Waals surface area contributed by atoms with E-state index in [0.717, 1.165) is 0 Å². The monoisotopic (exact) mass is 223 g/mol. The van der Waals surface area contributed by atoms with Gasteiger partial charge in [-0.2, -0.15) is 8.42 Å². The first-order chi connectivity index (χ1) is 6.43. The van der Waals surface area contributed by atoms with E-state index in [2.05, 4.69) is 13.5 Å². The molecule has 0 aromatic heterocycles. The average molecular weight is 223 g/mol. The molecule has 0 aromatic carbocycles. The highest BCUT2D eigenvalue weighted by molar-refractivity contribution is 7.87. The Morgan fingerprint density at radius 2 is 2.07 bits per heavy atom. The molecule has 0 bridgehead atoms. The van der Waals surface area contributed by atoms with Crippen molar-refractivity contribution < 1.29 is 22.8 Å². The first-order valence-electron chi connectivity index (χ1n) is 4.05. The molecule has 0 aliphatic carbocycles. The molecule has 83 valence electrons. The Morgan fingerprint density at radius 3 is 2.36 bits per heavy atom. The predicted molar refractivity (Wildman–Crippen MR) is 52.1 cm³/mol. The SMILES string of the molecule is [CH2]CC(CC=C)(OCCO)S(=O)(=O)O. The maximum absolute atomic E-state index is 11.0. The normalized spacial score (nSPS) is 16.2. The van der Waals surface area contributed by atoms with Crippen molar-refractivity contribution in [2.24, 2.45) is 0 Å². The molecule has 14 heavy (non-hydrogen) atoms. The lowest BCUT2D eigenvalue weighted by atomic mass is 10.2. The van der Waals surface area contributed by atoms with E-state index in [0.29, 0.717) is 0 Å². The smallest absolute Gasteiger partial charge is 0.295 e. The van der Waals surface area contributed by atoms with Crippen molar-refractivity contribution in [2.45, 2.75) is 17.8 Å². The fourth-order valence-electron chi connectivity index (χ4n) is 0.993. The second kappa shape index (κ2) is 5.45. The van der Waals surface area contributed by atoms with Crippen molar-refractivity contribution >= 4 is 10.1 Å². The first kappa shape index (κ1) is 13.6. The summed E-state index contributed by atoms with van der Waals surface area (Å²) in [5, 5.41) is 8.51. The van der Waals surface area contributed by atoms with Gasteiger partial charge in [0.05, 0.1) is 13.2 Å². The van der Waals surface area contributed by atoms with Gasteiger partial charge in [0.2, 0.25) is 0 Å². The Balaban J connectivity index is 4.88. The summed E-state index contributed by atoms with van der Waals surface area (Å²) in [5.41, 5.74) is 0. The van der Waals surface area contributed by atoms with Crippen LogP contribution in [0.3, 0.4) is 0 Å². The fraction of sp³-hybridized carbons (Fsp3) is 0.625. The molecule has 0 aliphatic rings. The fourth-order valence-corrected chi connectivity index (χ4v) is 1.81. The summed E-state index contributed by atoms with van der Waals surface area (Å²) in [6.45, 7) is 6.27. The Kier molecular flexibility index (Phi) is 5.28. The van der Waals surface area contributed by atoms with Gasteiger partial charge in [-0.1, -0.05) is 6.08 Å². The molecule has 0 heterocycles. The molecule has 0 aromatic rings. The van der Waals surface area contributed by atoms with E-state index in [4.69, 9.17) is 14.4 Å². The lowest BCUT2D eigenvalue weighted by molar-refractivity contribution is -0.00356. The van der Waals surface area contributed by atoms with Crippen molar-refractivity contribution in [1.82, 2.24) is 0 Å². The number of rotatable bonds is 7. The van der Waals surface area contributed by atoms with Crippen LogP contribution in [0.1, 0.15) is 12.8 Å². The summed E-state index contributed by atoms with van der Waals surface area (Å²) in [7, 11) is -4.38. The minimum atomic E-state index is -4.38. The van der Waals surface area contributed by atoms with Gasteiger partial charge < -0.3 is 9.84 Å². The third kappa shape index (κ3) is 3.06. The number of aliphatic hydroxyl groups is 1. The van der Waals surface area contributed by atoms with E-state index in [9.17, 15) is 8.42 Å². The van der Waals surface area contributed by atoms with Crippen LogP contribution in [0.2, 0.25) is 0 Å². The van der Waals surface area contributed by atoms with Crippen LogP contribution in [-0.2, 0) is 14.9 Å². The molecule has 0 saturated carbocycles. The van der Waals surface area contributed by atoms with Crippen LogP contribution in [0.5, 0.6) is 0 Å². The summed E-state index contributed by atoms with van der Waals surface area (Å²) >= 11 is 0. The summed E-state index contributed by atoms with van der Waals surface area (Å²) in [6.07, 6.45) is 1.09. The predicted octanol–water partition coefficient (Wildman–Crippen LogP) is 0.380. The van der Waals surface area contributed by atoms with E-state index in [1.165, 1.54) is 6.08 Å². The largest absolute Gasteiger partial charge is 0.394 e. The van der Waals surface area contributed by atoms with Gasteiger partial charge in [0.25, 0.3) is 10.1 Å². The van der Waals surface area contributed by atoms with Gasteiger partial charge >= 0.3 is 0 Å². The Bertz CT molecular complexity index is 271. The zero-order valence-electron chi connectivity index (χ0n) is 7.85. The van der Waals surface area contributed by atoms with Crippen molar-refractivity contribution in [3.63, 3.8) is 0 Å². The van der Waals surface area contributed by atoms with Crippen LogP contribution in [0.15, 0.2) is 12.7 Å². The minimum Gasteiger partial charge on any atom is -0.394 e. The molecule has 0 fully saturated rings. The van der Waals surface area contributed by atoms with Crippen LogP contribution in [0.25, 0.3) is 0 Å². The summed E-state index contributed by atoms with van der Waals surface area (Å²) < 4.78 is 36.0. The second-order valence-corrected chi connectivity index (χ2v) is 4.39. The first-order valence-corrected chi connectivity index (χ1v) is 5.49. The highest BCUT2D eigenvalue weighted by Crippen LogP contribution is 2.26. The number of hydrogen-bond donors (Lipinski definition) is 2. The van der Waals surface area contributed by atoms with Gasteiger partial charge in [-0.3, -0.25) is 4.55 Å². The van der Waals surface area contributed by atoms with Crippen molar-refractivity contribution in [3.8, 4) is 0 Å². The summed E-state index contributed by atoms with van der Waals surface area (Å²) in [4.78, 5) is -1.78. The molecule has 6 heteroatoms. The number of ether oxygens (including phenoxy) is 1. The van der Waals surface area contributed by atoms with E-state index in [1.54, 1.807) is 0 Å². The van der Waals surface area contributed by atoms with Gasteiger partial charge in [0.1, 0.15) is 0 Å². The topological polar surface area (TPSA) is 83.8 Å². The van der Waals surface area contributed by atoms with Gasteiger partial charge in [0.15, 0.2) is 4.93 Å². The van der Waals surface area contributed by atoms with Gasteiger partial charge in [-0.15, -0.1) is 6.58 Å². The summed E-state index contributed by atoms with van der Waals surface area (Å²) in [6, 6.07) is 0. The number of aliphatic hydroxyl groups excluding tert-OH is 1. The molecule has 0 rings (SSSR count). The van der Waals surface area contributed by atoms with E-state index >= 15 is 0 Å². The third-order valence-corrected chi connectivity index (χ3v) is 3.19.